The number of ether oxygens (including phenoxy) is 1. The zero-order valence-electron chi connectivity index (χ0n) is 12.0. The van der Waals surface area contributed by atoms with Gasteiger partial charge in [-0.05, 0) is 24.7 Å². The first-order valence-electron chi connectivity index (χ1n) is 6.68. The third kappa shape index (κ3) is 4.38. The number of nitrogens with two attached hydrogens (primary N) is 1. The van der Waals surface area contributed by atoms with Gasteiger partial charge in [-0.3, -0.25) is 0 Å². The number of nitrogens with zero attached hydrogens (tertiary/aromatic N) is 3. The standard InChI is InChI=1S/C13H26N4O/c1-10(2)5-6-13-12(7-14)15-16-17(13)8-11(3)9-18-4/h10-11H,5-9,14H2,1-4H3. The summed E-state index contributed by atoms with van der Waals surface area (Å²) in [5, 5.41) is 8.39. The van der Waals surface area contributed by atoms with Gasteiger partial charge in [-0.25, -0.2) is 4.68 Å². The second-order valence-corrected chi connectivity index (χ2v) is 5.36. The molecule has 0 aliphatic rings. The molecule has 1 aromatic rings. The van der Waals surface area contributed by atoms with Crippen molar-refractivity contribution in [1.82, 2.24) is 15.0 Å². The molecular formula is C13H26N4O. The van der Waals surface area contributed by atoms with Gasteiger partial charge in [0.2, 0.25) is 0 Å². The van der Waals surface area contributed by atoms with Gasteiger partial charge < -0.3 is 10.5 Å². The Balaban J connectivity index is 2.74. The smallest absolute Gasteiger partial charge is 0.0994 e. The van der Waals surface area contributed by atoms with Crippen molar-refractivity contribution in [2.24, 2.45) is 17.6 Å². The van der Waals surface area contributed by atoms with E-state index in [0.717, 1.165) is 31.7 Å². The molecule has 1 aromatic heterocycles. The Hall–Kier alpha value is -0.940. The van der Waals surface area contributed by atoms with Gasteiger partial charge in [-0.2, -0.15) is 0 Å². The number of aromatic nitrogens is 3. The van der Waals surface area contributed by atoms with Gasteiger partial charge in [0, 0.05) is 20.2 Å². The average Bonchev–Trinajstić information content (AvgIpc) is 2.68. The summed E-state index contributed by atoms with van der Waals surface area (Å²) in [4.78, 5) is 0. The van der Waals surface area contributed by atoms with Crippen LogP contribution in [0.3, 0.4) is 0 Å². The van der Waals surface area contributed by atoms with Crippen LogP contribution < -0.4 is 5.73 Å². The van der Waals surface area contributed by atoms with E-state index >= 15 is 0 Å². The lowest BCUT2D eigenvalue weighted by molar-refractivity contribution is 0.148. The van der Waals surface area contributed by atoms with E-state index in [0.29, 0.717) is 18.4 Å². The highest BCUT2D eigenvalue weighted by Gasteiger charge is 2.14. The van der Waals surface area contributed by atoms with E-state index in [1.807, 2.05) is 4.68 Å². The third-order valence-corrected chi connectivity index (χ3v) is 3.01. The van der Waals surface area contributed by atoms with Gasteiger partial charge in [0.05, 0.1) is 18.0 Å². The third-order valence-electron chi connectivity index (χ3n) is 3.01. The predicted molar refractivity (Wildman–Crippen MR) is 72.1 cm³/mol. The van der Waals surface area contributed by atoms with Crippen LogP contribution in [0, 0.1) is 11.8 Å². The summed E-state index contributed by atoms with van der Waals surface area (Å²) in [7, 11) is 1.73. The largest absolute Gasteiger partial charge is 0.384 e. The van der Waals surface area contributed by atoms with Crippen molar-refractivity contribution in [2.45, 2.75) is 46.7 Å². The SMILES string of the molecule is COCC(C)Cn1nnc(CN)c1CCC(C)C. The van der Waals surface area contributed by atoms with Gasteiger partial charge in [-0.1, -0.05) is 26.0 Å². The van der Waals surface area contributed by atoms with Gasteiger partial charge in [0.25, 0.3) is 0 Å². The summed E-state index contributed by atoms with van der Waals surface area (Å²) in [6, 6.07) is 0. The van der Waals surface area contributed by atoms with Crippen molar-refractivity contribution < 1.29 is 4.74 Å². The summed E-state index contributed by atoms with van der Waals surface area (Å²) in [6.07, 6.45) is 2.13. The Morgan fingerprint density at radius 2 is 2.06 bits per heavy atom. The first kappa shape index (κ1) is 15.1. The Kier molecular flexibility index (Phi) is 6.29. The van der Waals surface area contributed by atoms with E-state index < -0.39 is 0 Å². The molecule has 0 spiro atoms. The molecule has 2 N–H and O–H groups in total. The molecule has 0 amide bonds. The van der Waals surface area contributed by atoms with Crippen LogP contribution in [0.2, 0.25) is 0 Å². The normalized spacial score (nSPS) is 13.2. The van der Waals surface area contributed by atoms with Crippen LogP contribution in [0.4, 0.5) is 0 Å². The molecule has 104 valence electrons. The molecule has 1 atom stereocenters. The van der Waals surface area contributed by atoms with E-state index in [1.54, 1.807) is 7.11 Å². The molecule has 0 fully saturated rings. The van der Waals surface area contributed by atoms with Crippen molar-refractivity contribution in [3.63, 3.8) is 0 Å². The molecule has 0 saturated carbocycles. The Labute approximate surface area is 110 Å². The van der Waals surface area contributed by atoms with Crippen molar-refractivity contribution in [1.29, 1.82) is 0 Å². The van der Waals surface area contributed by atoms with Gasteiger partial charge >= 0.3 is 0 Å². The van der Waals surface area contributed by atoms with E-state index in [-0.39, 0.29) is 0 Å². The molecule has 5 nitrogen and oxygen atoms in total. The average molecular weight is 254 g/mol. The van der Waals surface area contributed by atoms with E-state index in [4.69, 9.17) is 10.5 Å². The lowest BCUT2D eigenvalue weighted by Crippen LogP contribution is -2.17. The highest BCUT2D eigenvalue weighted by atomic mass is 16.5. The van der Waals surface area contributed by atoms with E-state index in [1.165, 1.54) is 5.69 Å². The summed E-state index contributed by atoms with van der Waals surface area (Å²) in [5.74, 6) is 1.11. The number of hydrogen-bond acceptors (Lipinski definition) is 4. The minimum atomic E-state index is 0.431. The fraction of sp³-hybridized carbons (Fsp3) is 0.846. The zero-order valence-corrected chi connectivity index (χ0v) is 12.0. The number of methoxy groups -OCH3 is 1. The molecule has 0 saturated heterocycles. The van der Waals surface area contributed by atoms with Crippen LogP contribution in [-0.2, 0) is 24.2 Å². The van der Waals surface area contributed by atoms with Gasteiger partial charge in [0.15, 0.2) is 0 Å². The highest BCUT2D eigenvalue weighted by Crippen LogP contribution is 2.13. The number of rotatable bonds is 8. The molecular weight excluding hydrogens is 228 g/mol. The fourth-order valence-corrected chi connectivity index (χ4v) is 2.01. The molecule has 5 heteroatoms. The van der Waals surface area contributed by atoms with Crippen LogP contribution >= 0.6 is 0 Å². The topological polar surface area (TPSA) is 66.0 Å². The minimum Gasteiger partial charge on any atom is -0.384 e. The van der Waals surface area contributed by atoms with Crippen LogP contribution in [0.1, 0.15) is 38.6 Å². The number of hydrogen-bond donors (Lipinski definition) is 1. The second-order valence-electron chi connectivity index (χ2n) is 5.36. The molecule has 1 rings (SSSR count). The zero-order chi connectivity index (χ0) is 13.5. The maximum atomic E-state index is 5.72. The van der Waals surface area contributed by atoms with Crippen molar-refractivity contribution >= 4 is 0 Å². The van der Waals surface area contributed by atoms with Crippen LogP contribution in [-0.4, -0.2) is 28.7 Å². The Morgan fingerprint density at radius 3 is 2.61 bits per heavy atom. The van der Waals surface area contributed by atoms with Crippen molar-refractivity contribution in [3.05, 3.63) is 11.4 Å². The van der Waals surface area contributed by atoms with Crippen molar-refractivity contribution in [3.8, 4) is 0 Å². The molecule has 0 aliphatic heterocycles. The van der Waals surface area contributed by atoms with Crippen LogP contribution in [0.15, 0.2) is 0 Å². The van der Waals surface area contributed by atoms with E-state index in [2.05, 4.69) is 31.1 Å². The Morgan fingerprint density at radius 1 is 1.33 bits per heavy atom. The first-order valence-corrected chi connectivity index (χ1v) is 6.68. The molecule has 0 aromatic carbocycles. The predicted octanol–water partition coefficient (Wildman–Crippen LogP) is 1.61. The lowest BCUT2D eigenvalue weighted by Gasteiger charge is -2.13. The summed E-state index contributed by atoms with van der Waals surface area (Å²) in [6.45, 7) is 8.65. The van der Waals surface area contributed by atoms with Gasteiger partial charge in [-0.15, -0.1) is 5.10 Å². The van der Waals surface area contributed by atoms with Crippen LogP contribution in [0.25, 0.3) is 0 Å². The Bertz CT molecular complexity index is 349. The molecule has 1 unspecified atom stereocenters. The maximum Gasteiger partial charge on any atom is 0.0994 e. The molecule has 1 heterocycles. The lowest BCUT2D eigenvalue weighted by atomic mass is 10.0. The molecule has 0 bridgehead atoms. The molecule has 0 radical (unpaired) electrons. The molecule has 0 aliphatic carbocycles. The van der Waals surface area contributed by atoms with Crippen molar-refractivity contribution in [2.75, 3.05) is 13.7 Å². The second kappa shape index (κ2) is 7.48. The van der Waals surface area contributed by atoms with E-state index in [9.17, 15) is 0 Å². The quantitative estimate of drug-likeness (QED) is 0.765. The summed E-state index contributed by atoms with van der Waals surface area (Å²) >= 11 is 0. The monoisotopic (exact) mass is 254 g/mol. The first-order chi connectivity index (χ1) is 8.58. The fourth-order valence-electron chi connectivity index (χ4n) is 2.01. The minimum absolute atomic E-state index is 0.431. The van der Waals surface area contributed by atoms with Gasteiger partial charge in [0.1, 0.15) is 0 Å². The summed E-state index contributed by atoms with van der Waals surface area (Å²) < 4.78 is 7.16. The maximum absolute atomic E-state index is 5.72. The summed E-state index contributed by atoms with van der Waals surface area (Å²) in [5.41, 5.74) is 7.84. The highest BCUT2D eigenvalue weighted by molar-refractivity contribution is 5.10. The molecule has 18 heavy (non-hydrogen) atoms. The van der Waals surface area contributed by atoms with Crippen LogP contribution in [0.5, 0.6) is 0 Å².